The number of aliphatic hydroxyl groups is 1. The van der Waals surface area contributed by atoms with E-state index in [1.54, 1.807) is 12.1 Å². The fourth-order valence-electron chi connectivity index (χ4n) is 1.44. The van der Waals surface area contributed by atoms with E-state index in [4.69, 9.17) is 5.11 Å². The van der Waals surface area contributed by atoms with Crippen LogP contribution in [0.2, 0.25) is 0 Å². The van der Waals surface area contributed by atoms with Crippen molar-refractivity contribution in [3.8, 4) is 11.8 Å². The number of nitrogens with one attached hydrogen (secondary N) is 1. The summed E-state index contributed by atoms with van der Waals surface area (Å²) in [5, 5.41) is 8.65. The van der Waals surface area contributed by atoms with Gasteiger partial charge in [0, 0.05) is 19.7 Å². The Morgan fingerprint density at radius 2 is 2.05 bits per heavy atom. The third-order valence-electron chi connectivity index (χ3n) is 2.52. The number of nitrogens with zero attached hydrogens (tertiary/aromatic N) is 1. The van der Waals surface area contributed by atoms with E-state index in [0.717, 1.165) is 15.4 Å². The molecule has 0 amide bonds. The Labute approximate surface area is 114 Å². The van der Waals surface area contributed by atoms with Gasteiger partial charge in [0.05, 0.1) is 5.69 Å². The van der Waals surface area contributed by atoms with Crippen LogP contribution in [0.15, 0.2) is 18.2 Å². The predicted molar refractivity (Wildman–Crippen MR) is 76.0 cm³/mol. The first-order valence-electron chi connectivity index (χ1n) is 5.83. The molecule has 2 N–H and O–H groups in total. The van der Waals surface area contributed by atoms with E-state index in [1.807, 2.05) is 13.0 Å². The highest BCUT2D eigenvalue weighted by atomic mass is 32.2. The lowest BCUT2D eigenvalue weighted by atomic mass is 10.1. The van der Waals surface area contributed by atoms with Crippen LogP contribution in [-0.2, 0) is 16.6 Å². The summed E-state index contributed by atoms with van der Waals surface area (Å²) in [5.74, 6) is 5.35. The average molecular weight is 282 g/mol. The summed E-state index contributed by atoms with van der Waals surface area (Å²) in [5.41, 5.74) is 2.15. The SMILES string of the molecule is CCc1cc(C#CCO)ccc1NS(=O)(=O)N(C)C. The molecule has 0 saturated heterocycles. The Morgan fingerprint density at radius 1 is 1.37 bits per heavy atom. The van der Waals surface area contributed by atoms with E-state index in [1.165, 1.54) is 14.1 Å². The molecule has 0 aliphatic carbocycles. The highest BCUT2D eigenvalue weighted by Crippen LogP contribution is 2.19. The number of benzene rings is 1. The fourth-order valence-corrected chi connectivity index (χ4v) is 2.10. The van der Waals surface area contributed by atoms with E-state index in [0.29, 0.717) is 12.1 Å². The Morgan fingerprint density at radius 3 is 2.58 bits per heavy atom. The number of hydrogen-bond donors (Lipinski definition) is 2. The molecule has 0 bridgehead atoms. The standard InChI is InChI=1S/C13H18N2O3S/c1-4-12-10-11(6-5-9-16)7-8-13(12)14-19(17,18)15(2)3/h7-8,10,14,16H,4,9H2,1-3H3. The zero-order valence-electron chi connectivity index (χ0n) is 11.3. The molecule has 0 aromatic heterocycles. The maximum absolute atomic E-state index is 11.8. The average Bonchev–Trinajstić information content (AvgIpc) is 2.37. The maximum Gasteiger partial charge on any atom is 0.301 e. The second-order valence-electron chi connectivity index (χ2n) is 4.07. The Hall–Kier alpha value is -1.55. The van der Waals surface area contributed by atoms with Crippen LogP contribution in [0, 0.1) is 11.8 Å². The predicted octanol–water partition coefficient (Wildman–Crippen LogP) is 0.811. The second-order valence-corrected chi connectivity index (χ2v) is 5.96. The van der Waals surface area contributed by atoms with Crippen LogP contribution in [0.5, 0.6) is 0 Å². The van der Waals surface area contributed by atoms with Crippen LogP contribution in [-0.4, -0.2) is 38.5 Å². The van der Waals surface area contributed by atoms with Crippen LogP contribution in [0.3, 0.4) is 0 Å². The van der Waals surface area contributed by atoms with E-state index < -0.39 is 10.2 Å². The van der Waals surface area contributed by atoms with Gasteiger partial charge in [0.2, 0.25) is 0 Å². The highest BCUT2D eigenvalue weighted by molar-refractivity contribution is 7.90. The van der Waals surface area contributed by atoms with Crippen molar-refractivity contribution in [1.82, 2.24) is 4.31 Å². The molecule has 0 aliphatic rings. The molecule has 1 aromatic rings. The number of aryl methyl sites for hydroxylation is 1. The number of anilines is 1. The molecule has 19 heavy (non-hydrogen) atoms. The lowest BCUT2D eigenvalue weighted by Gasteiger charge is -2.16. The zero-order chi connectivity index (χ0) is 14.5. The van der Waals surface area contributed by atoms with Crippen LogP contribution >= 0.6 is 0 Å². The van der Waals surface area contributed by atoms with E-state index >= 15 is 0 Å². The molecule has 1 rings (SSSR count). The molecule has 6 heteroatoms. The van der Waals surface area contributed by atoms with Crippen molar-refractivity contribution in [1.29, 1.82) is 0 Å². The van der Waals surface area contributed by atoms with Crippen molar-refractivity contribution >= 4 is 15.9 Å². The summed E-state index contributed by atoms with van der Waals surface area (Å²) in [6, 6.07) is 5.22. The molecule has 0 radical (unpaired) electrons. The molecule has 0 spiro atoms. The van der Waals surface area contributed by atoms with Crippen molar-refractivity contribution in [3.63, 3.8) is 0 Å². The molecule has 0 heterocycles. The fraction of sp³-hybridized carbons (Fsp3) is 0.385. The lowest BCUT2D eigenvalue weighted by Crippen LogP contribution is -2.29. The Balaban J connectivity index is 3.10. The molecule has 0 fully saturated rings. The quantitative estimate of drug-likeness (QED) is 0.803. The van der Waals surface area contributed by atoms with Gasteiger partial charge in [0.25, 0.3) is 0 Å². The summed E-state index contributed by atoms with van der Waals surface area (Å²) >= 11 is 0. The van der Waals surface area contributed by atoms with Crippen LogP contribution < -0.4 is 4.72 Å². The Kier molecular flexibility index (Phi) is 5.36. The summed E-state index contributed by atoms with van der Waals surface area (Å²) in [7, 11) is -0.572. The smallest absolute Gasteiger partial charge is 0.301 e. The normalized spacial score (nSPS) is 11.0. The van der Waals surface area contributed by atoms with Crippen LogP contribution in [0.25, 0.3) is 0 Å². The molecule has 1 aromatic carbocycles. The lowest BCUT2D eigenvalue weighted by molar-refractivity contribution is 0.350. The largest absolute Gasteiger partial charge is 0.384 e. The van der Waals surface area contributed by atoms with E-state index in [2.05, 4.69) is 16.6 Å². The van der Waals surface area contributed by atoms with E-state index in [9.17, 15) is 8.42 Å². The van der Waals surface area contributed by atoms with Crippen molar-refractivity contribution in [3.05, 3.63) is 29.3 Å². The molecule has 104 valence electrons. The molecule has 0 unspecified atom stereocenters. The second kappa shape index (κ2) is 6.57. The minimum atomic E-state index is -3.51. The Bertz CT molecular complexity index is 598. The molecular weight excluding hydrogens is 264 g/mol. The number of rotatable bonds is 4. The minimum Gasteiger partial charge on any atom is -0.384 e. The van der Waals surface area contributed by atoms with Gasteiger partial charge in [-0.2, -0.15) is 12.7 Å². The van der Waals surface area contributed by atoms with Crippen LogP contribution in [0.4, 0.5) is 5.69 Å². The molecule has 0 atom stereocenters. The zero-order valence-corrected chi connectivity index (χ0v) is 12.1. The van der Waals surface area contributed by atoms with Crippen molar-refractivity contribution in [2.45, 2.75) is 13.3 Å². The monoisotopic (exact) mass is 282 g/mol. The summed E-state index contributed by atoms with van der Waals surface area (Å²) in [4.78, 5) is 0. The number of hydrogen-bond acceptors (Lipinski definition) is 3. The van der Waals surface area contributed by atoms with Gasteiger partial charge in [0.15, 0.2) is 0 Å². The van der Waals surface area contributed by atoms with Gasteiger partial charge >= 0.3 is 10.2 Å². The third-order valence-corrected chi connectivity index (χ3v) is 3.96. The molecule has 0 saturated carbocycles. The van der Waals surface area contributed by atoms with Crippen molar-refractivity contribution in [2.75, 3.05) is 25.4 Å². The first-order chi connectivity index (χ1) is 8.90. The van der Waals surface area contributed by atoms with Gasteiger partial charge in [0.1, 0.15) is 6.61 Å². The molecule has 0 aliphatic heterocycles. The van der Waals surface area contributed by atoms with Crippen LogP contribution in [0.1, 0.15) is 18.1 Å². The molecule has 5 nitrogen and oxygen atoms in total. The maximum atomic E-state index is 11.8. The first kappa shape index (κ1) is 15.5. The minimum absolute atomic E-state index is 0.198. The summed E-state index contributed by atoms with van der Waals surface area (Å²) in [6.45, 7) is 1.74. The van der Waals surface area contributed by atoms with E-state index in [-0.39, 0.29) is 6.61 Å². The van der Waals surface area contributed by atoms with Crippen molar-refractivity contribution in [2.24, 2.45) is 0 Å². The summed E-state index contributed by atoms with van der Waals surface area (Å²) < 4.78 is 27.2. The van der Waals surface area contributed by atoms with Gasteiger partial charge in [-0.1, -0.05) is 18.8 Å². The van der Waals surface area contributed by atoms with Gasteiger partial charge in [-0.3, -0.25) is 4.72 Å². The van der Waals surface area contributed by atoms with Gasteiger partial charge in [-0.15, -0.1) is 0 Å². The van der Waals surface area contributed by atoms with Gasteiger partial charge < -0.3 is 5.11 Å². The third kappa shape index (κ3) is 4.24. The number of aliphatic hydroxyl groups excluding tert-OH is 1. The highest BCUT2D eigenvalue weighted by Gasteiger charge is 2.14. The first-order valence-corrected chi connectivity index (χ1v) is 7.27. The summed E-state index contributed by atoms with van der Waals surface area (Å²) in [6.07, 6.45) is 0.680. The topological polar surface area (TPSA) is 69.6 Å². The van der Waals surface area contributed by atoms with Gasteiger partial charge in [-0.25, -0.2) is 0 Å². The molecular formula is C13H18N2O3S. The van der Waals surface area contributed by atoms with Gasteiger partial charge in [-0.05, 0) is 30.2 Å². The van der Waals surface area contributed by atoms with Crippen molar-refractivity contribution < 1.29 is 13.5 Å².